The predicted molar refractivity (Wildman–Crippen MR) is 55.4 cm³/mol. The molecule has 0 aromatic heterocycles. The van der Waals surface area contributed by atoms with E-state index in [1.165, 1.54) is 0 Å². The normalized spacial score (nSPS) is 11.8. The SMILES string of the molecule is C=NC/C=N\C=C/C(=C)/N=C\C. The topological polar surface area (TPSA) is 37.1 Å². The molecular formula is C9H13N3. The van der Waals surface area contributed by atoms with Crippen LogP contribution in [0.25, 0.3) is 0 Å². The maximum absolute atomic E-state index is 3.93. The van der Waals surface area contributed by atoms with Crippen molar-refractivity contribution in [2.24, 2.45) is 15.0 Å². The fourth-order valence-electron chi connectivity index (χ4n) is 0.504. The molecule has 0 aromatic rings. The lowest BCUT2D eigenvalue weighted by Gasteiger charge is -1.84. The zero-order valence-corrected chi connectivity index (χ0v) is 7.27. The van der Waals surface area contributed by atoms with E-state index in [0.29, 0.717) is 12.2 Å². The largest absolute Gasteiger partial charge is 0.295 e. The van der Waals surface area contributed by atoms with Crippen LogP contribution >= 0.6 is 0 Å². The van der Waals surface area contributed by atoms with Crippen molar-refractivity contribution in [3.8, 4) is 0 Å². The van der Waals surface area contributed by atoms with Crippen molar-refractivity contribution < 1.29 is 0 Å². The van der Waals surface area contributed by atoms with Gasteiger partial charge in [0, 0.05) is 18.6 Å². The molecule has 0 aromatic carbocycles. The molecule has 0 spiro atoms. The van der Waals surface area contributed by atoms with Crippen molar-refractivity contribution in [1.29, 1.82) is 0 Å². The van der Waals surface area contributed by atoms with Crippen LogP contribution in [0.2, 0.25) is 0 Å². The third-order valence-corrected chi connectivity index (χ3v) is 0.964. The van der Waals surface area contributed by atoms with Crippen molar-refractivity contribution in [2.75, 3.05) is 6.54 Å². The molecule has 0 fully saturated rings. The van der Waals surface area contributed by atoms with Crippen LogP contribution in [0, 0.1) is 0 Å². The monoisotopic (exact) mass is 163 g/mol. The van der Waals surface area contributed by atoms with E-state index in [0.717, 1.165) is 0 Å². The summed E-state index contributed by atoms with van der Waals surface area (Å²) < 4.78 is 0. The molecule has 0 amide bonds. The van der Waals surface area contributed by atoms with E-state index in [1.54, 1.807) is 24.7 Å². The Hall–Kier alpha value is -1.51. The minimum Gasteiger partial charge on any atom is -0.295 e. The van der Waals surface area contributed by atoms with Gasteiger partial charge in [-0.2, -0.15) is 0 Å². The van der Waals surface area contributed by atoms with Crippen molar-refractivity contribution >= 4 is 19.1 Å². The Balaban J connectivity index is 3.75. The van der Waals surface area contributed by atoms with Crippen LogP contribution in [0.5, 0.6) is 0 Å². The predicted octanol–water partition coefficient (Wildman–Crippen LogP) is 1.88. The van der Waals surface area contributed by atoms with E-state index in [1.807, 2.05) is 6.92 Å². The van der Waals surface area contributed by atoms with E-state index < -0.39 is 0 Å². The summed E-state index contributed by atoms with van der Waals surface area (Å²) >= 11 is 0. The van der Waals surface area contributed by atoms with Gasteiger partial charge >= 0.3 is 0 Å². The van der Waals surface area contributed by atoms with Gasteiger partial charge < -0.3 is 0 Å². The maximum atomic E-state index is 3.93. The average Bonchev–Trinajstić information content (AvgIpc) is 2.05. The quantitative estimate of drug-likeness (QED) is 0.438. The van der Waals surface area contributed by atoms with Gasteiger partial charge in [0.1, 0.15) is 0 Å². The van der Waals surface area contributed by atoms with Gasteiger partial charge in [-0.25, -0.2) is 0 Å². The smallest absolute Gasteiger partial charge is 0.0735 e. The van der Waals surface area contributed by atoms with Crippen LogP contribution in [0.3, 0.4) is 0 Å². The second-order valence-corrected chi connectivity index (χ2v) is 1.93. The Labute approximate surface area is 73.0 Å². The number of aliphatic imine (C=N–C) groups is 3. The summed E-state index contributed by atoms with van der Waals surface area (Å²) in [4.78, 5) is 11.4. The Morgan fingerprint density at radius 3 is 2.83 bits per heavy atom. The second-order valence-electron chi connectivity index (χ2n) is 1.93. The highest BCUT2D eigenvalue weighted by Gasteiger charge is 1.75. The first-order chi connectivity index (χ1) is 5.81. The number of nitrogens with zero attached hydrogens (tertiary/aromatic N) is 3. The Kier molecular flexibility index (Phi) is 6.64. The molecule has 0 bridgehead atoms. The Morgan fingerprint density at radius 1 is 1.50 bits per heavy atom. The van der Waals surface area contributed by atoms with Gasteiger partial charge in [-0.05, 0) is 19.7 Å². The van der Waals surface area contributed by atoms with Gasteiger partial charge in [-0.3, -0.25) is 15.0 Å². The van der Waals surface area contributed by atoms with Crippen LogP contribution in [0.4, 0.5) is 0 Å². The molecule has 0 aliphatic rings. The second kappa shape index (κ2) is 7.60. The Bertz CT molecular complexity index is 224. The fraction of sp³-hybridized carbons (Fsp3) is 0.222. The molecule has 0 N–H and O–H groups in total. The van der Waals surface area contributed by atoms with Gasteiger partial charge in [-0.15, -0.1) is 0 Å². The molecule has 0 unspecified atom stereocenters. The van der Waals surface area contributed by atoms with E-state index >= 15 is 0 Å². The number of allylic oxidation sites excluding steroid dienone is 1. The molecule has 0 saturated heterocycles. The summed E-state index contributed by atoms with van der Waals surface area (Å²) in [6.45, 7) is 9.36. The first kappa shape index (κ1) is 10.5. The van der Waals surface area contributed by atoms with E-state index in [9.17, 15) is 0 Å². The molecule has 0 aliphatic carbocycles. The summed E-state index contributed by atoms with van der Waals surface area (Å²) in [6, 6.07) is 0. The van der Waals surface area contributed by atoms with Crippen LogP contribution in [0.1, 0.15) is 6.92 Å². The van der Waals surface area contributed by atoms with Crippen LogP contribution in [0.15, 0.2) is 39.5 Å². The highest BCUT2D eigenvalue weighted by atomic mass is 14.7. The lowest BCUT2D eigenvalue weighted by Crippen LogP contribution is -1.76. The minimum absolute atomic E-state index is 0.536. The summed E-state index contributed by atoms with van der Waals surface area (Å²) in [5, 5.41) is 0. The third kappa shape index (κ3) is 6.61. The number of rotatable bonds is 5. The zero-order valence-electron chi connectivity index (χ0n) is 7.27. The summed E-state index contributed by atoms with van der Waals surface area (Å²) in [6.07, 6.45) is 6.69. The van der Waals surface area contributed by atoms with Crippen LogP contribution < -0.4 is 0 Å². The van der Waals surface area contributed by atoms with Crippen molar-refractivity contribution in [3.05, 3.63) is 24.6 Å². The molecule has 0 heterocycles. The molecular weight excluding hydrogens is 150 g/mol. The molecule has 3 nitrogen and oxygen atoms in total. The molecule has 64 valence electrons. The number of hydrogen-bond donors (Lipinski definition) is 0. The fourth-order valence-corrected chi connectivity index (χ4v) is 0.504. The first-order valence-corrected chi connectivity index (χ1v) is 3.59. The molecule has 0 aliphatic heterocycles. The lowest BCUT2D eigenvalue weighted by molar-refractivity contribution is 1.34. The van der Waals surface area contributed by atoms with Gasteiger partial charge in [0.15, 0.2) is 0 Å². The average molecular weight is 163 g/mol. The molecule has 0 atom stereocenters. The summed E-state index contributed by atoms with van der Waals surface area (Å²) in [5.74, 6) is 0. The molecule has 12 heavy (non-hydrogen) atoms. The number of hydrogen-bond acceptors (Lipinski definition) is 3. The van der Waals surface area contributed by atoms with Gasteiger partial charge in [0.2, 0.25) is 0 Å². The van der Waals surface area contributed by atoms with Crippen molar-refractivity contribution in [1.82, 2.24) is 0 Å². The minimum atomic E-state index is 0.536. The van der Waals surface area contributed by atoms with Gasteiger partial charge in [0.25, 0.3) is 0 Å². The van der Waals surface area contributed by atoms with Gasteiger partial charge in [-0.1, -0.05) is 6.58 Å². The maximum Gasteiger partial charge on any atom is 0.0735 e. The summed E-state index contributed by atoms with van der Waals surface area (Å²) in [7, 11) is 0. The van der Waals surface area contributed by atoms with E-state index in [4.69, 9.17) is 0 Å². The van der Waals surface area contributed by atoms with E-state index in [-0.39, 0.29) is 0 Å². The lowest BCUT2D eigenvalue weighted by atomic mass is 10.5. The standard InChI is InChI=1S/C9H13N3/c1-4-12-9(2)5-6-11-8-7-10-3/h4-6,8H,2-3,7H2,1H3/b6-5-,11-8-,12-4-. The first-order valence-electron chi connectivity index (χ1n) is 3.59. The third-order valence-electron chi connectivity index (χ3n) is 0.964. The zero-order chi connectivity index (χ0) is 9.23. The molecule has 0 saturated carbocycles. The van der Waals surface area contributed by atoms with Gasteiger partial charge in [0.05, 0.1) is 12.2 Å². The molecule has 0 radical (unpaired) electrons. The van der Waals surface area contributed by atoms with Crippen LogP contribution in [-0.4, -0.2) is 25.7 Å². The van der Waals surface area contributed by atoms with Crippen molar-refractivity contribution in [2.45, 2.75) is 6.92 Å². The van der Waals surface area contributed by atoms with Crippen LogP contribution in [-0.2, 0) is 0 Å². The highest BCUT2D eigenvalue weighted by molar-refractivity contribution is 5.61. The van der Waals surface area contributed by atoms with Crippen molar-refractivity contribution in [3.63, 3.8) is 0 Å². The van der Waals surface area contributed by atoms with E-state index in [2.05, 4.69) is 28.3 Å². The summed E-state index contributed by atoms with van der Waals surface area (Å²) in [5.41, 5.74) is 0.682. The molecule has 3 heteroatoms. The highest BCUT2D eigenvalue weighted by Crippen LogP contribution is 1.92. The Morgan fingerprint density at radius 2 is 2.25 bits per heavy atom. The molecule has 0 rings (SSSR count).